The van der Waals surface area contributed by atoms with E-state index in [1.54, 1.807) is 0 Å². The van der Waals surface area contributed by atoms with Gasteiger partial charge in [-0.3, -0.25) is 0 Å². The molecule has 0 bridgehead atoms. The Morgan fingerprint density at radius 2 is 1.95 bits per heavy atom. The maximum absolute atomic E-state index is 6.01. The van der Waals surface area contributed by atoms with Crippen LogP contribution in [0.15, 0.2) is 24.3 Å². The van der Waals surface area contributed by atoms with Crippen molar-refractivity contribution in [2.24, 2.45) is 5.92 Å². The first kappa shape index (κ1) is 16.5. The first-order valence-electron chi connectivity index (χ1n) is 8.71. The van der Waals surface area contributed by atoms with Crippen LogP contribution in [0.5, 0.6) is 0 Å². The molecule has 1 aromatic rings. The molecule has 0 aliphatic heterocycles. The van der Waals surface area contributed by atoms with Crippen molar-refractivity contribution >= 4 is 0 Å². The maximum Gasteiger partial charge on any atom is 0.0720 e. The van der Waals surface area contributed by atoms with Crippen LogP contribution in [-0.4, -0.2) is 12.6 Å². The van der Waals surface area contributed by atoms with Crippen LogP contribution in [0, 0.1) is 5.92 Å². The number of nitrogens with one attached hydrogen (secondary N) is 1. The summed E-state index contributed by atoms with van der Waals surface area (Å²) in [6, 6.07) is 9.44. The molecule has 0 radical (unpaired) electrons. The van der Waals surface area contributed by atoms with E-state index < -0.39 is 0 Å². The topological polar surface area (TPSA) is 21.3 Å². The van der Waals surface area contributed by atoms with Crippen molar-refractivity contribution in [3.05, 3.63) is 35.4 Å². The van der Waals surface area contributed by atoms with Gasteiger partial charge < -0.3 is 10.1 Å². The predicted octanol–water partition coefficient (Wildman–Crippen LogP) is 4.67. The van der Waals surface area contributed by atoms with Crippen LogP contribution in [0.25, 0.3) is 0 Å². The predicted molar refractivity (Wildman–Crippen MR) is 89.3 cm³/mol. The summed E-state index contributed by atoms with van der Waals surface area (Å²) < 4.78 is 6.01. The quantitative estimate of drug-likeness (QED) is 0.639. The Bertz CT molecular complexity index is 400. The van der Waals surface area contributed by atoms with E-state index in [0.29, 0.717) is 0 Å². The molecular formula is C19H31NO. The number of unbranched alkanes of at least 4 members (excludes halogenated alkanes) is 1. The third-order valence-electron chi connectivity index (χ3n) is 4.43. The zero-order valence-electron chi connectivity index (χ0n) is 13.7. The van der Waals surface area contributed by atoms with Crippen molar-refractivity contribution < 1.29 is 4.74 Å². The minimum atomic E-state index is 0.724. The van der Waals surface area contributed by atoms with Gasteiger partial charge in [-0.1, -0.05) is 57.4 Å². The van der Waals surface area contributed by atoms with E-state index in [-0.39, 0.29) is 0 Å². The van der Waals surface area contributed by atoms with Crippen molar-refractivity contribution in [2.75, 3.05) is 6.61 Å². The lowest BCUT2D eigenvalue weighted by Gasteiger charge is -2.16. The van der Waals surface area contributed by atoms with Gasteiger partial charge in [-0.05, 0) is 36.3 Å². The second-order valence-corrected chi connectivity index (χ2v) is 6.36. The average Bonchev–Trinajstić information content (AvgIpc) is 3.34. The standard InChI is InChI=1S/C19H31NO/c1-3-5-8-16(4-2)14-21-15-18-10-7-6-9-17(18)13-20-19-11-12-19/h6-7,9-10,16,19-20H,3-5,8,11-15H2,1-2H3. The van der Waals surface area contributed by atoms with Gasteiger partial charge in [0.05, 0.1) is 6.61 Å². The van der Waals surface area contributed by atoms with Gasteiger partial charge in [0.2, 0.25) is 0 Å². The molecule has 0 heterocycles. The van der Waals surface area contributed by atoms with Gasteiger partial charge in [0.15, 0.2) is 0 Å². The molecule has 1 fully saturated rings. The second-order valence-electron chi connectivity index (χ2n) is 6.36. The lowest BCUT2D eigenvalue weighted by molar-refractivity contribution is 0.0815. The van der Waals surface area contributed by atoms with Gasteiger partial charge in [0.1, 0.15) is 0 Å². The molecule has 1 aliphatic carbocycles. The molecule has 1 aliphatic rings. The smallest absolute Gasteiger partial charge is 0.0720 e. The highest BCUT2D eigenvalue weighted by molar-refractivity contribution is 5.26. The minimum absolute atomic E-state index is 0.724. The summed E-state index contributed by atoms with van der Waals surface area (Å²) >= 11 is 0. The summed E-state index contributed by atoms with van der Waals surface area (Å²) in [5, 5.41) is 3.60. The highest BCUT2D eigenvalue weighted by Gasteiger charge is 2.20. The van der Waals surface area contributed by atoms with Crippen LogP contribution >= 0.6 is 0 Å². The molecule has 0 spiro atoms. The van der Waals surface area contributed by atoms with Crippen LogP contribution in [0.4, 0.5) is 0 Å². The van der Waals surface area contributed by atoms with Crippen LogP contribution in [0.2, 0.25) is 0 Å². The monoisotopic (exact) mass is 289 g/mol. The molecule has 1 aromatic carbocycles. The Kier molecular flexibility index (Phi) is 7.25. The molecule has 118 valence electrons. The molecule has 1 unspecified atom stereocenters. The maximum atomic E-state index is 6.01. The Morgan fingerprint density at radius 1 is 1.19 bits per heavy atom. The van der Waals surface area contributed by atoms with Crippen LogP contribution < -0.4 is 5.32 Å². The molecular weight excluding hydrogens is 258 g/mol. The Morgan fingerprint density at radius 3 is 2.62 bits per heavy atom. The van der Waals surface area contributed by atoms with E-state index in [1.165, 1.54) is 49.7 Å². The molecule has 2 nitrogen and oxygen atoms in total. The molecule has 0 amide bonds. The largest absolute Gasteiger partial charge is 0.376 e. The molecule has 1 atom stereocenters. The van der Waals surface area contributed by atoms with Crippen molar-refractivity contribution in [1.29, 1.82) is 0 Å². The zero-order valence-corrected chi connectivity index (χ0v) is 13.7. The third-order valence-corrected chi connectivity index (χ3v) is 4.43. The normalized spacial score (nSPS) is 16.1. The van der Waals surface area contributed by atoms with Gasteiger partial charge in [0, 0.05) is 19.2 Å². The first-order chi connectivity index (χ1) is 10.3. The van der Waals surface area contributed by atoms with Gasteiger partial charge in [-0.15, -0.1) is 0 Å². The van der Waals surface area contributed by atoms with Gasteiger partial charge in [0.25, 0.3) is 0 Å². The number of hydrogen-bond donors (Lipinski definition) is 1. The van der Waals surface area contributed by atoms with E-state index in [2.05, 4.69) is 43.4 Å². The Balaban J connectivity index is 1.75. The lowest BCUT2D eigenvalue weighted by Crippen LogP contribution is -2.17. The zero-order chi connectivity index (χ0) is 14.9. The number of benzene rings is 1. The molecule has 0 aromatic heterocycles. The Hall–Kier alpha value is -0.860. The van der Waals surface area contributed by atoms with Crippen LogP contribution in [0.1, 0.15) is 63.5 Å². The van der Waals surface area contributed by atoms with E-state index >= 15 is 0 Å². The molecule has 2 rings (SSSR count). The fourth-order valence-electron chi connectivity index (χ4n) is 2.65. The minimum Gasteiger partial charge on any atom is -0.376 e. The average molecular weight is 289 g/mol. The summed E-state index contributed by atoms with van der Waals surface area (Å²) in [5.74, 6) is 0.724. The SMILES string of the molecule is CCCCC(CC)COCc1ccccc1CNC1CC1. The van der Waals surface area contributed by atoms with Gasteiger partial charge in [-0.25, -0.2) is 0 Å². The van der Waals surface area contributed by atoms with E-state index in [1.807, 2.05) is 0 Å². The fraction of sp³-hybridized carbons (Fsp3) is 0.684. The number of hydrogen-bond acceptors (Lipinski definition) is 2. The third kappa shape index (κ3) is 6.19. The molecule has 2 heteroatoms. The summed E-state index contributed by atoms with van der Waals surface area (Å²) in [6.07, 6.45) is 7.82. The van der Waals surface area contributed by atoms with Gasteiger partial charge in [-0.2, -0.15) is 0 Å². The van der Waals surface area contributed by atoms with Crippen molar-refractivity contribution in [2.45, 2.75) is 71.6 Å². The summed E-state index contributed by atoms with van der Waals surface area (Å²) in [6.45, 7) is 7.18. The Labute approximate surface area is 130 Å². The molecule has 21 heavy (non-hydrogen) atoms. The molecule has 0 saturated heterocycles. The summed E-state index contributed by atoms with van der Waals surface area (Å²) in [5.41, 5.74) is 2.74. The van der Waals surface area contributed by atoms with Crippen molar-refractivity contribution in [3.63, 3.8) is 0 Å². The van der Waals surface area contributed by atoms with E-state index in [4.69, 9.17) is 4.74 Å². The first-order valence-corrected chi connectivity index (χ1v) is 8.71. The number of rotatable bonds is 11. The molecule has 1 N–H and O–H groups in total. The fourth-order valence-corrected chi connectivity index (χ4v) is 2.65. The van der Waals surface area contributed by atoms with E-state index in [9.17, 15) is 0 Å². The molecule has 1 saturated carbocycles. The summed E-state index contributed by atoms with van der Waals surface area (Å²) in [7, 11) is 0. The van der Waals surface area contributed by atoms with E-state index in [0.717, 1.165) is 31.7 Å². The lowest BCUT2D eigenvalue weighted by atomic mass is 10.0. The highest BCUT2D eigenvalue weighted by Crippen LogP contribution is 2.20. The second kappa shape index (κ2) is 9.22. The van der Waals surface area contributed by atoms with Crippen molar-refractivity contribution in [3.8, 4) is 0 Å². The van der Waals surface area contributed by atoms with Crippen molar-refractivity contribution in [1.82, 2.24) is 5.32 Å². The van der Waals surface area contributed by atoms with Crippen LogP contribution in [-0.2, 0) is 17.9 Å². The highest BCUT2D eigenvalue weighted by atomic mass is 16.5. The van der Waals surface area contributed by atoms with Crippen LogP contribution in [0.3, 0.4) is 0 Å². The summed E-state index contributed by atoms with van der Waals surface area (Å²) in [4.78, 5) is 0. The number of ether oxygens (including phenoxy) is 1. The van der Waals surface area contributed by atoms with Gasteiger partial charge >= 0.3 is 0 Å².